The number of carbonyl (C=O) groups is 2. The second kappa shape index (κ2) is 11.9. The molecule has 2 N–H and O–H groups in total. The van der Waals surface area contributed by atoms with Crippen molar-refractivity contribution < 1.29 is 80.3 Å². The topological polar surface area (TPSA) is 74.6 Å². The van der Waals surface area contributed by atoms with Crippen LogP contribution in [0.15, 0.2) is 0 Å². The van der Waals surface area contributed by atoms with E-state index in [4.69, 9.17) is 19.8 Å². The van der Waals surface area contributed by atoms with E-state index in [0.717, 1.165) is 0 Å². The molecular formula is C2H6Na2O4Si. The molecule has 0 aromatic carbocycles. The molecule has 0 radical (unpaired) electrons. The van der Waals surface area contributed by atoms with Crippen LogP contribution in [0.5, 0.6) is 0 Å². The Bertz CT molecular complexity index is 87.3. The average molecular weight is 168 g/mol. The Morgan fingerprint density at radius 1 is 1.00 bits per heavy atom. The Morgan fingerprint density at radius 2 is 1.11 bits per heavy atom. The second-order valence-corrected chi connectivity index (χ2v) is 0.610. The van der Waals surface area contributed by atoms with Crippen LogP contribution in [0.3, 0.4) is 0 Å². The van der Waals surface area contributed by atoms with Gasteiger partial charge < -0.3 is 22.6 Å². The fourth-order valence-corrected chi connectivity index (χ4v) is 0. The van der Waals surface area contributed by atoms with Gasteiger partial charge in [0.25, 0.3) is 0 Å². The third kappa shape index (κ3) is 17.6. The zero-order valence-corrected chi connectivity index (χ0v) is 11.7. The first kappa shape index (κ1) is 22.5. The Labute approximate surface area is 102 Å². The van der Waals surface area contributed by atoms with Crippen molar-refractivity contribution in [1.82, 2.24) is 0 Å². The number of hydrogen-bond acceptors (Lipinski definition) is 2. The molecule has 0 aromatic heterocycles. The maximum atomic E-state index is 9.10. The van der Waals surface area contributed by atoms with E-state index in [9.17, 15) is 0 Å². The zero-order chi connectivity index (χ0) is 5.15. The van der Waals surface area contributed by atoms with Gasteiger partial charge in [0.05, 0.1) is 0 Å². The molecule has 0 rings (SSSR count). The summed E-state index contributed by atoms with van der Waals surface area (Å²) in [6.45, 7) is 0. The van der Waals surface area contributed by atoms with Crippen LogP contribution >= 0.6 is 0 Å². The van der Waals surface area contributed by atoms with E-state index in [1.165, 1.54) is 0 Å². The van der Waals surface area contributed by atoms with Crippen LogP contribution < -0.4 is 59.1 Å². The van der Waals surface area contributed by atoms with E-state index in [1.54, 1.807) is 0 Å². The summed E-state index contributed by atoms with van der Waals surface area (Å²) in [7, 11) is 0. The Kier molecular flexibility index (Phi) is 29.7. The minimum atomic E-state index is -1.82. The molecule has 0 saturated carbocycles. The summed E-state index contributed by atoms with van der Waals surface area (Å²) in [5.41, 5.74) is 0. The van der Waals surface area contributed by atoms with E-state index in [0.29, 0.717) is 0 Å². The van der Waals surface area contributed by atoms with Gasteiger partial charge >= 0.3 is 71.1 Å². The molecule has 0 unspecified atom stereocenters. The summed E-state index contributed by atoms with van der Waals surface area (Å²) in [6.07, 6.45) is 0. The molecule has 0 aliphatic rings. The maximum absolute atomic E-state index is 9.10. The zero-order valence-electron chi connectivity index (χ0n) is 6.71. The molecule has 4 nitrogen and oxygen atoms in total. The van der Waals surface area contributed by atoms with Crippen LogP contribution in [0, 0.1) is 0 Å². The van der Waals surface area contributed by atoms with Crippen molar-refractivity contribution in [1.29, 1.82) is 0 Å². The summed E-state index contributed by atoms with van der Waals surface area (Å²) >= 11 is 0. The van der Waals surface area contributed by atoms with Gasteiger partial charge in [-0.25, -0.2) is 9.59 Å². The fraction of sp³-hybridized carbons (Fsp3) is 0. The number of carboxylic acid groups (broad SMARTS) is 2. The average Bonchev–Trinajstić information content (AvgIpc) is 1.36. The van der Waals surface area contributed by atoms with Crippen molar-refractivity contribution >= 4 is 22.9 Å². The summed E-state index contributed by atoms with van der Waals surface area (Å²) in [4.78, 5) is 18.2. The van der Waals surface area contributed by atoms with Crippen molar-refractivity contribution in [3.8, 4) is 0 Å². The summed E-state index contributed by atoms with van der Waals surface area (Å²) < 4.78 is 0. The molecule has 0 amide bonds. The normalized spacial score (nSPS) is 4.89. The fourth-order valence-electron chi connectivity index (χ4n) is 0. The Morgan fingerprint density at radius 3 is 1.11 bits per heavy atom. The number of hydrogen-bond donors (Lipinski definition) is 2. The monoisotopic (exact) mass is 168 g/mol. The first-order valence-corrected chi connectivity index (χ1v) is 1.11. The molecule has 0 atom stereocenters. The van der Waals surface area contributed by atoms with Gasteiger partial charge in [-0.15, -0.1) is 0 Å². The van der Waals surface area contributed by atoms with Gasteiger partial charge in [-0.1, -0.05) is 0 Å². The molecule has 0 aromatic rings. The van der Waals surface area contributed by atoms with Crippen LogP contribution in [0.2, 0.25) is 0 Å². The predicted molar refractivity (Wildman–Crippen MR) is 26.3 cm³/mol. The van der Waals surface area contributed by atoms with Crippen molar-refractivity contribution in [3.05, 3.63) is 0 Å². The number of aliphatic carboxylic acids is 2. The van der Waals surface area contributed by atoms with Crippen molar-refractivity contribution in [2.24, 2.45) is 0 Å². The molecule has 0 fully saturated rings. The van der Waals surface area contributed by atoms with Crippen molar-refractivity contribution in [3.63, 3.8) is 0 Å². The number of carboxylic acids is 2. The van der Waals surface area contributed by atoms with Crippen LogP contribution in [0.1, 0.15) is 1.43 Å². The van der Waals surface area contributed by atoms with E-state index in [1.807, 2.05) is 0 Å². The molecule has 0 heterocycles. The van der Waals surface area contributed by atoms with Gasteiger partial charge in [0.15, 0.2) is 0 Å². The van der Waals surface area contributed by atoms with Crippen molar-refractivity contribution in [2.75, 3.05) is 0 Å². The molecule has 0 aliphatic heterocycles. The van der Waals surface area contributed by atoms with E-state index >= 15 is 0 Å². The molecule has 0 aliphatic carbocycles. The van der Waals surface area contributed by atoms with Gasteiger partial charge in [-0.2, -0.15) is 0 Å². The van der Waals surface area contributed by atoms with Crippen LogP contribution in [-0.4, -0.2) is 33.1 Å². The quantitative estimate of drug-likeness (QED) is 0.278. The van der Waals surface area contributed by atoms with E-state index < -0.39 is 11.9 Å². The minimum absolute atomic E-state index is 0. The third-order valence-corrected chi connectivity index (χ3v) is 0.183. The SMILES string of the molecule is O=C(O)C(=O)O.[H-].[Na+].[Na+].[SiH3-]. The summed E-state index contributed by atoms with van der Waals surface area (Å²) in [6, 6.07) is 0. The van der Waals surface area contributed by atoms with Gasteiger partial charge in [-0.05, 0) is 0 Å². The first-order valence-electron chi connectivity index (χ1n) is 1.11. The molecule has 9 heavy (non-hydrogen) atoms. The van der Waals surface area contributed by atoms with Gasteiger partial charge in [-0.3, -0.25) is 0 Å². The minimum Gasteiger partial charge on any atom is -1.00 e. The Balaban J connectivity index is -0.0000000208. The third-order valence-electron chi connectivity index (χ3n) is 0.183. The van der Waals surface area contributed by atoms with Gasteiger partial charge in [0.1, 0.15) is 0 Å². The second-order valence-electron chi connectivity index (χ2n) is 0.610. The van der Waals surface area contributed by atoms with Crippen LogP contribution in [0.25, 0.3) is 0 Å². The van der Waals surface area contributed by atoms with Gasteiger partial charge in [0.2, 0.25) is 0 Å². The standard InChI is InChI=1S/C2H2O4.2Na.H3Si.H/c3-1(4)2(5)6;;;;/h(H,3,4)(H,5,6);;;1H3;/q;2*+1;2*-1. The summed E-state index contributed by atoms with van der Waals surface area (Å²) in [5.74, 6) is -3.65. The maximum Gasteiger partial charge on any atom is 1.00 e. The van der Waals surface area contributed by atoms with Crippen molar-refractivity contribution in [2.45, 2.75) is 0 Å². The molecular weight excluding hydrogens is 162 g/mol. The van der Waals surface area contributed by atoms with Crippen LogP contribution in [0.4, 0.5) is 0 Å². The van der Waals surface area contributed by atoms with E-state index in [-0.39, 0.29) is 71.5 Å². The number of rotatable bonds is 0. The van der Waals surface area contributed by atoms with Gasteiger partial charge in [0, 0.05) is 0 Å². The van der Waals surface area contributed by atoms with E-state index in [2.05, 4.69) is 0 Å². The molecule has 0 spiro atoms. The first-order chi connectivity index (χ1) is 2.64. The Hall–Kier alpha value is 1.16. The molecule has 44 valence electrons. The summed E-state index contributed by atoms with van der Waals surface area (Å²) in [5, 5.41) is 14.8. The molecule has 0 saturated heterocycles. The predicted octanol–water partition coefficient (Wildman–Crippen LogP) is -7.91. The molecule has 0 bridgehead atoms. The molecule has 7 heteroatoms. The largest absolute Gasteiger partial charge is 1.00 e. The van der Waals surface area contributed by atoms with Crippen LogP contribution in [-0.2, 0) is 9.59 Å². The smallest absolute Gasteiger partial charge is 1.00 e.